The van der Waals surface area contributed by atoms with Crippen molar-refractivity contribution in [1.29, 1.82) is 0 Å². The lowest BCUT2D eigenvalue weighted by Crippen LogP contribution is -2.24. The van der Waals surface area contributed by atoms with E-state index in [1.54, 1.807) is 0 Å². The Bertz CT molecular complexity index is 737. The molecule has 1 heterocycles. The van der Waals surface area contributed by atoms with E-state index in [0.29, 0.717) is 5.56 Å². The average molecular weight is 316 g/mol. The van der Waals surface area contributed by atoms with E-state index in [4.69, 9.17) is 17.3 Å². The van der Waals surface area contributed by atoms with Crippen molar-refractivity contribution in [1.82, 2.24) is 9.71 Å². The number of rotatable bonds is 4. The van der Waals surface area contributed by atoms with Crippen LogP contribution in [0.2, 0.25) is 5.02 Å². The van der Waals surface area contributed by atoms with E-state index in [0.717, 1.165) is 6.20 Å². The molecule has 2 rings (SSSR count). The fourth-order valence-corrected chi connectivity index (χ4v) is 2.81. The number of nitrogen functional groups attached to an aromatic ring is 1. The molecule has 0 saturated heterocycles. The van der Waals surface area contributed by atoms with E-state index in [9.17, 15) is 12.8 Å². The maximum Gasteiger partial charge on any atom is 0.244 e. The molecule has 3 N–H and O–H groups in total. The number of sulfonamides is 1. The Kier molecular flexibility index (Phi) is 4.22. The highest BCUT2D eigenvalue weighted by atomic mass is 35.5. The number of aromatic nitrogens is 1. The van der Waals surface area contributed by atoms with Crippen LogP contribution in [0.3, 0.4) is 0 Å². The molecule has 0 bridgehead atoms. The lowest BCUT2D eigenvalue weighted by Gasteiger charge is -2.08. The summed E-state index contributed by atoms with van der Waals surface area (Å²) in [4.78, 5) is 3.62. The van der Waals surface area contributed by atoms with Crippen LogP contribution in [0, 0.1) is 5.82 Å². The summed E-state index contributed by atoms with van der Waals surface area (Å²) in [6.45, 7) is -0.0311. The van der Waals surface area contributed by atoms with Gasteiger partial charge in [-0.2, -0.15) is 0 Å². The van der Waals surface area contributed by atoms with Gasteiger partial charge in [0.15, 0.2) is 0 Å². The van der Waals surface area contributed by atoms with Gasteiger partial charge in [-0.15, -0.1) is 0 Å². The number of nitrogens with one attached hydrogen (secondary N) is 1. The first kappa shape index (κ1) is 14.7. The smallest absolute Gasteiger partial charge is 0.244 e. The second-order valence-electron chi connectivity index (χ2n) is 3.99. The molecule has 0 aliphatic carbocycles. The van der Waals surface area contributed by atoms with Crippen LogP contribution >= 0.6 is 11.6 Å². The first-order valence-electron chi connectivity index (χ1n) is 5.53. The second-order valence-corrected chi connectivity index (χ2v) is 6.13. The number of nitrogens with two attached hydrogens (primary N) is 1. The van der Waals surface area contributed by atoms with Crippen molar-refractivity contribution >= 4 is 27.3 Å². The number of anilines is 1. The zero-order valence-electron chi connectivity index (χ0n) is 10.2. The van der Waals surface area contributed by atoms with Gasteiger partial charge in [0, 0.05) is 18.9 Å². The summed E-state index contributed by atoms with van der Waals surface area (Å²) < 4.78 is 39.4. The second kappa shape index (κ2) is 5.74. The standard InChI is InChI=1S/C12H11ClFN3O2S/c13-9-5-8(1-2-10(9)14)6-17-20(18,19)12-7-16-4-3-11(12)15/h1-5,7,17H,6H2,(H2,15,16). The van der Waals surface area contributed by atoms with Crippen molar-refractivity contribution in [2.24, 2.45) is 0 Å². The molecular formula is C12H11ClFN3O2S. The van der Waals surface area contributed by atoms with Crippen molar-refractivity contribution in [2.75, 3.05) is 5.73 Å². The topological polar surface area (TPSA) is 85.1 Å². The van der Waals surface area contributed by atoms with Gasteiger partial charge in [-0.25, -0.2) is 17.5 Å². The fraction of sp³-hybridized carbons (Fsp3) is 0.0833. The Morgan fingerprint density at radius 2 is 2.10 bits per heavy atom. The number of benzene rings is 1. The minimum absolute atomic E-state index is 0.0311. The van der Waals surface area contributed by atoms with E-state index in [-0.39, 0.29) is 22.2 Å². The SMILES string of the molecule is Nc1ccncc1S(=O)(=O)NCc1ccc(F)c(Cl)c1. The molecule has 20 heavy (non-hydrogen) atoms. The van der Waals surface area contributed by atoms with Gasteiger partial charge in [0.05, 0.1) is 10.7 Å². The van der Waals surface area contributed by atoms with Crippen LogP contribution in [-0.2, 0) is 16.6 Å². The lowest BCUT2D eigenvalue weighted by molar-refractivity contribution is 0.581. The maximum atomic E-state index is 13.0. The average Bonchev–Trinajstić information content (AvgIpc) is 2.40. The summed E-state index contributed by atoms with van der Waals surface area (Å²) in [6, 6.07) is 5.36. The van der Waals surface area contributed by atoms with Crippen LogP contribution in [0.1, 0.15) is 5.56 Å². The Balaban J connectivity index is 2.17. The van der Waals surface area contributed by atoms with Gasteiger partial charge in [-0.3, -0.25) is 4.98 Å². The number of pyridine rings is 1. The van der Waals surface area contributed by atoms with Gasteiger partial charge in [-0.05, 0) is 23.8 Å². The molecule has 1 aromatic heterocycles. The molecular weight excluding hydrogens is 305 g/mol. The van der Waals surface area contributed by atoms with Gasteiger partial charge in [0.1, 0.15) is 10.7 Å². The van der Waals surface area contributed by atoms with Crippen LogP contribution in [-0.4, -0.2) is 13.4 Å². The van der Waals surface area contributed by atoms with Gasteiger partial charge in [0.25, 0.3) is 0 Å². The predicted octanol–water partition coefficient (Wildman–Crippen LogP) is 1.93. The Morgan fingerprint density at radius 1 is 1.35 bits per heavy atom. The van der Waals surface area contributed by atoms with Gasteiger partial charge < -0.3 is 5.73 Å². The molecule has 0 radical (unpaired) electrons. The van der Waals surface area contributed by atoms with Crippen molar-refractivity contribution in [3.05, 3.63) is 53.1 Å². The molecule has 0 aliphatic heterocycles. The highest BCUT2D eigenvalue weighted by molar-refractivity contribution is 7.89. The zero-order valence-corrected chi connectivity index (χ0v) is 11.7. The quantitative estimate of drug-likeness (QED) is 0.903. The monoisotopic (exact) mass is 315 g/mol. The summed E-state index contributed by atoms with van der Waals surface area (Å²) in [7, 11) is -3.79. The van der Waals surface area contributed by atoms with Crippen molar-refractivity contribution < 1.29 is 12.8 Å². The molecule has 0 saturated carbocycles. The van der Waals surface area contributed by atoms with Gasteiger partial charge in [-0.1, -0.05) is 17.7 Å². The van der Waals surface area contributed by atoms with Crippen LogP contribution < -0.4 is 10.5 Å². The zero-order chi connectivity index (χ0) is 14.8. The molecule has 0 fully saturated rings. The Labute approximate surface area is 120 Å². The molecule has 8 heteroatoms. The molecule has 0 atom stereocenters. The predicted molar refractivity (Wildman–Crippen MR) is 74.1 cm³/mol. The van der Waals surface area contributed by atoms with E-state index in [2.05, 4.69) is 9.71 Å². The molecule has 1 aromatic carbocycles. The van der Waals surface area contributed by atoms with E-state index >= 15 is 0 Å². The van der Waals surface area contributed by atoms with Crippen LogP contribution in [0.4, 0.5) is 10.1 Å². The summed E-state index contributed by atoms with van der Waals surface area (Å²) in [5.41, 5.74) is 6.22. The van der Waals surface area contributed by atoms with Crippen molar-refractivity contribution in [3.63, 3.8) is 0 Å². The van der Waals surface area contributed by atoms with Gasteiger partial charge >= 0.3 is 0 Å². The third-order valence-corrected chi connectivity index (χ3v) is 4.29. The highest BCUT2D eigenvalue weighted by Crippen LogP contribution is 2.18. The van der Waals surface area contributed by atoms with E-state index < -0.39 is 15.8 Å². The lowest BCUT2D eigenvalue weighted by atomic mass is 10.2. The third kappa shape index (κ3) is 3.24. The minimum Gasteiger partial charge on any atom is -0.398 e. The molecule has 0 spiro atoms. The van der Waals surface area contributed by atoms with Crippen LogP contribution in [0.15, 0.2) is 41.6 Å². The molecule has 5 nitrogen and oxygen atoms in total. The summed E-state index contributed by atoms with van der Waals surface area (Å²) >= 11 is 5.62. The largest absolute Gasteiger partial charge is 0.398 e. The van der Waals surface area contributed by atoms with Crippen LogP contribution in [0.25, 0.3) is 0 Å². The third-order valence-electron chi connectivity index (χ3n) is 2.56. The van der Waals surface area contributed by atoms with Gasteiger partial charge in [0.2, 0.25) is 10.0 Å². The molecule has 0 aliphatic rings. The summed E-state index contributed by atoms with van der Waals surface area (Å²) in [6.07, 6.45) is 2.56. The van der Waals surface area contributed by atoms with Crippen molar-refractivity contribution in [3.8, 4) is 0 Å². The summed E-state index contributed by atoms with van der Waals surface area (Å²) in [5.74, 6) is -0.560. The van der Waals surface area contributed by atoms with Crippen LogP contribution in [0.5, 0.6) is 0 Å². The van der Waals surface area contributed by atoms with E-state index in [1.807, 2.05) is 0 Å². The summed E-state index contributed by atoms with van der Waals surface area (Å²) in [5, 5.41) is -0.0670. The minimum atomic E-state index is -3.79. The number of halogens is 2. The Hall–Kier alpha value is -1.70. The highest BCUT2D eigenvalue weighted by Gasteiger charge is 2.17. The number of hydrogen-bond donors (Lipinski definition) is 2. The molecule has 0 unspecified atom stereocenters. The number of nitrogens with zero attached hydrogens (tertiary/aromatic N) is 1. The Morgan fingerprint density at radius 3 is 2.75 bits per heavy atom. The van der Waals surface area contributed by atoms with E-state index in [1.165, 1.54) is 30.5 Å². The fourth-order valence-electron chi connectivity index (χ4n) is 1.52. The maximum absolute atomic E-state index is 13.0. The molecule has 2 aromatic rings. The number of hydrogen-bond acceptors (Lipinski definition) is 4. The molecule has 106 valence electrons. The first-order valence-corrected chi connectivity index (χ1v) is 7.39. The first-order chi connectivity index (χ1) is 9.40. The molecule has 0 amide bonds. The normalized spacial score (nSPS) is 11.5. The van der Waals surface area contributed by atoms with Crippen molar-refractivity contribution in [2.45, 2.75) is 11.4 Å².